The van der Waals surface area contributed by atoms with Gasteiger partial charge in [-0.1, -0.05) is 5.16 Å². The predicted molar refractivity (Wildman–Crippen MR) is 202 cm³/mol. The van der Waals surface area contributed by atoms with E-state index < -0.39 is 56.9 Å². The maximum atomic E-state index is 15.6. The quantitative estimate of drug-likeness (QED) is 0.128. The second-order valence-electron chi connectivity index (χ2n) is 14.9. The summed E-state index contributed by atoms with van der Waals surface area (Å²) in [6.07, 6.45) is 5.63. The number of carbonyl (C=O) groups is 2. The van der Waals surface area contributed by atoms with E-state index in [1.165, 1.54) is 17.9 Å². The van der Waals surface area contributed by atoms with E-state index in [1.807, 2.05) is 13.8 Å². The number of aromatic nitrogens is 3. The van der Waals surface area contributed by atoms with Crippen molar-refractivity contribution in [3.8, 4) is 0 Å². The maximum absolute atomic E-state index is 15.6. The van der Waals surface area contributed by atoms with E-state index in [9.17, 15) is 33.8 Å². The number of anilines is 3. The summed E-state index contributed by atoms with van der Waals surface area (Å²) in [6.45, 7) is 5.67. The first-order valence-corrected chi connectivity index (χ1v) is 18.3. The Kier molecular flexibility index (Phi) is 10.2. The van der Waals surface area contributed by atoms with Gasteiger partial charge in [0.2, 0.25) is 10.9 Å². The number of oxime groups is 1. The van der Waals surface area contributed by atoms with E-state index in [0.29, 0.717) is 38.4 Å². The number of nitrogen functional groups attached to an aromatic ring is 1. The number of nitrogens with two attached hydrogens (primary N) is 2. The van der Waals surface area contributed by atoms with Crippen molar-refractivity contribution in [3.63, 3.8) is 0 Å². The Morgan fingerprint density at radius 2 is 1.52 bits per heavy atom. The van der Waals surface area contributed by atoms with Crippen molar-refractivity contribution in [1.82, 2.24) is 19.4 Å². The Bertz CT molecular complexity index is 2420. The normalized spacial score (nSPS) is 21.8. The smallest absolute Gasteiger partial charge is 0.341 e. The van der Waals surface area contributed by atoms with Crippen molar-refractivity contribution < 1.29 is 37.8 Å². The van der Waals surface area contributed by atoms with Gasteiger partial charge in [0.05, 0.1) is 34.2 Å². The number of carboxylic acids is 2. The molecule has 2 aliphatic carbocycles. The Morgan fingerprint density at radius 3 is 2.09 bits per heavy atom. The van der Waals surface area contributed by atoms with Crippen molar-refractivity contribution in [2.45, 2.75) is 63.7 Å². The molecule has 56 heavy (non-hydrogen) atoms. The van der Waals surface area contributed by atoms with Gasteiger partial charge in [0.1, 0.15) is 29.6 Å². The number of rotatable bonds is 8. The molecule has 5 heterocycles. The Morgan fingerprint density at radius 1 is 0.929 bits per heavy atom. The third-order valence-corrected chi connectivity index (χ3v) is 10.6. The summed E-state index contributed by atoms with van der Waals surface area (Å²) in [5, 5.41) is 25.5. The molecule has 4 aromatic rings. The molecule has 1 unspecified atom stereocenters. The molecular formula is C37H42F3N9O7. The van der Waals surface area contributed by atoms with Crippen molar-refractivity contribution >= 4 is 56.8 Å². The monoisotopic (exact) mass is 781 g/mol. The van der Waals surface area contributed by atoms with Crippen molar-refractivity contribution in [3.05, 3.63) is 67.5 Å². The van der Waals surface area contributed by atoms with E-state index in [0.717, 1.165) is 37.9 Å². The molecule has 19 heteroatoms. The molecule has 4 aliphatic rings. The van der Waals surface area contributed by atoms with Crippen LogP contribution in [0.3, 0.4) is 0 Å². The number of carboxylic acid groups (broad SMARTS) is 2. The molecule has 1 aromatic carbocycles. The zero-order valence-electron chi connectivity index (χ0n) is 30.9. The van der Waals surface area contributed by atoms with Gasteiger partial charge in [0.25, 0.3) is 0 Å². The third-order valence-electron chi connectivity index (χ3n) is 10.6. The summed E-state index contributed by atoms with van der Waals surface area (Å²) in [5.41, 5.74) is 9.19. The van der Waals surface area contributed by atoms with Crippen molar-refractivity contribution in [2.24, 2.45) is 16.8 Å². The van der Waals surface area contributed by atoms with Gasteiger partial charge in [-0.05, 0) is 45.6 Å². The highest BCUT2D eigenvalue weighted by atomic mass is 19.1. The molecule has 2 saturated carbocycles. The number of fused-ring (bicyclic) bond motifs is 2. The van der Waals surface area contributed by atoms with Gasteiger partial charge in [-0.15, -0.1) is 0 Å². The first-order chi connectivity index (χ1) is 26.6. The van der Waals surface area contributed by atoms with Gasteiger partial charge >= 0.3 is 11.9 Å². The highest BCUT2D eigenvalue weighted by Crippen LogP contribution is 2.42. The lowest BCUT2D eigenvalue weighted by Gasteiger charge is -2.38. The van der Waals surface area contributed by atoms with Crippen LogP contribution < -0.4 is 37.4 Å². The average molecular weight is 782 g/mol. The van der Waals surface area contributed by atoms with E-state index in [-0.39, 0.29) is 63.7 Å². The van der Waals surface area contributed by atoms with Crippen molar-refractivity contribution in [2.75, 3.05) is 55.4 Å². The zero-order valence-corrected chi connectivity index (χ0v) is 30.9. The summed E-state index contributed by atoms with van der Waals surface area (Å²) in [5.74, 6) is -5.37. The number of hydrogen-bond acceptors (Lipinski definition) is 12. The first kappa shape index (κ1) is 38.6. The number of benzene rings is 1. The Labute approximate surface area is 317 Å². The van der Waals surface area contributed by atoms with Crippen LogP contribution in [-0.2, 0) is 4.84 Å². The van der Waals surface area contributed by atoms with Crippen LogP contribution in [0.4, 0.5) is 30.4 Å². The van der Waals surface area contributed by atoms with Crippen LogP contribution >= 0.6 is 0 Å². The predicted octanol–water partition coefficient (Wildman–Crippen LogP) is 3.05. The van der Waals surface area contributed by atoms with Gasteiger partial charge in [0.15, 0.2) is 23.3 Å². The number of hydrogen-bond donors (Lipinski definition) is 5. The molecule has 0 radical (unpaired) electrons. The van der Waals surface area contributed by atoms with Crippen LogP contribution in [0, 0.1) is 23.4 Å². The van der Waals surface area contributed by atoms with Gasteiger partial charge in [-0.2, -0.15) is 0 Å². The highest BCUT2D eigenvalue weighted by Gasteiger charge is 2.36. The molecule has 298 valence electrons. The minimum Gasteiger partial charge on any atom is -0.477 e. The fourth-order valence-corrected chi connectivity index (χ4v) is 7.73. The lowest BCUT2D eigenvalue weighted by atomic mass is 10.0. The highest BCUT2D eigenvalue weighted by molar-refractivity contribution is 6.00. The average Bonchev–Trinajstić information content (AvgIpc) is 4.09. The summed E-state index contributed by atoms with van der Waals surface area (Å²) in [7, 11) is 1.44. The number of aromatic carboxylic acids is 2. The molecule has 2 saturated heterocycles. The standard InChI is InChI=1S/C19H22F2N4O3.C18H20FN5O4/c1-8-5-24(6-9(2)23-8)17-13(20)15(22)12-16(14(17)21)25(10-3-4-10)7-11(18(12)26)19(27)28;1-28-22-14-8-23(6-9(14)5-20)17-13(19)4-11-15(25)12(18(26)27)7-24(10-2-3-10)16(11)21-17/h7-10,23H,3-6,22H2,1-2H3,(H,27,28);4,7,9-10H,2-3,5-6,8,20H2,1H3,(H,26,27)/b;22-14+/t8-,9+;. The van der Waals surface area contributed by atoms with E-state index in [1.54, 1.807) is 14.4 Å². The lowest BCUT2D eigenvalue weighted by molar-refractivity contribution is 0.0684. The summed E-state index contributed by atoms with van der Waals surface area (Å²) >= 11 is 0. The molecular weight excluding hydrogens is 739 g/mol. The Hall–Kier alpha value is -5.69. The summed E-state index contributed by atoms with van der Waals surface area (Å²) < 4.78 is 48.8. The minimum atomic E-state index is -1.45. The molecule has 4 fully saturated rings. The number of halogens is 3. The van der Waals surface area contributed by atoms with E-state index in [2.05, 4.69) is 15.5 Å². The van der Waals surface area contributed by atoms with Gasteiger partial charge < -0.3 is 50.8 Å². The Balaban J connectivity index is 0.000000172. The van der Waals surface area contributed by atoms with E-state index >= 15 is 8.78 Å². The van der Waals surface area contributed by atoms with Gasteiger partial charge in [-0.3, -0.25) is 9.59 Å². The van der Waals surface area contributed by atoms with Gasteiger partial charge in [-0.25, -0.2) is 27.7 Å². The second kappa shape index (κ2) is 14.8. The lowest BCUT2D eigenvalue weighted by Crippen LogP contribution is -2.54. The van der Waals surface area contributed by atoms with Crippen LogP contribution in [0.1, 0.15) is 72.3 Å². The third kappa shape index (κ3) is 6.89. The second-order valence-corrected chi connectivity index (χ2v) is 14.9. The topological polar surface area (TPSA) is 224 Å². The molecule has 3 aromatic heterocycles. The molecule has 3 atom stereocenters. The molecule has 0 bridgehead atoms. The summed E-state index contributed by atoms with van der Waals surface area (Å²) in [4.78, 5) is 60.6. The zero-order chi connectivity index (χ0) is 40.3. The fourth-order valence-electron chi connectivity index (χ4n) is 7.73. The van der Waals surface area contributed by atoms with Crippen LogP contribution in [0.5, 0.6) is 0 Å². The molecule has 0 amide bonds. The van der Waals surface area contributed by atoms with Crippen LogP contribution in [0.2, 0.25) is 0 Å². The van der Waals surface area contributed by atoms with Crippen molar-refractivity contribution in [1.29, 1.82) is 0 Å². The SMILES string of the molecule is CO/N=C1\CN(c2nc3c(cc2F)c(=O)c(C(=O)O)cn3C2CC2)CC1CN.C[C@@H]1CN(c2c(F)c(N)c3c(=O)c(C(=O)O)cn(C4CC4)c3c2F)C[C@H](C)N1. The fraction of sp³-hybridized carbons (Fsp3) is 0.459. The van der Waals surface area contributed by atoms with Crippen LogP contribution in [0.25, 0.3) is 21.9 Å². The van der Waals surface area contributed by atoms with Crippen LogP contribution in [-0.4, -0.2) is 93.9 Å². The van der Waals surface area contributed by atoms with Gasteiger partial charge in [0, 0.05) is 68.7 Å². The number of piperazine rings is 1. The first-order valence-electron chi connectivity index (χ1n) is 18.3. The largest absolute Gasteiger partial charge is 0.477 e. The molecule has 0 spiro atoms. The van der Waals surface area contributed by atoms with Crippen LogP contribution in [0.15, 0.2) is 33.2 Å². The molecule has 7 N–H and O–H groups in total. The molecule has 8 rings (SSSR count). The number of nitrogens with zero attached hydrogens (tertiary/aromatic N) is 6. The number of pyridine rings is 3. The minimum absolute atomic E-state index is 0.0134. The summed E-state index contributed by atoms with van der Waals surface area (Å²) in [6, 6.07) is 1.04. The molecule has 2 aliphatic heterocycles. The molecule has 16 nitrogen and oxygen atoms in total. The van der Waals surface area contributed by atoms with E-state index in [4.69, 9.17) is 16.3 Å². The maximum Gasteiger partial charge on any atom is 0.341 e. The number of nitrogens with one attached hydrogen (secondary N) is 1.